The average Bonchev–Trinajstić information content (AvgIpc) is 2.36. The van der Waals surface area contributed by atoms with Crippen molar-refractivity contribution in [1.82, 2.24) is 0 Å². The lowest BCUT2D eigenvalue weighted by atomic mass is 9.88. The van der Waals surface area contributed by atoms with Crippen LogP contribution in [-0.2, 0) is 23.9 Å². The van der Waals surface area contributed by atoms with Gasteiger partial charge in [0.25, 0.3) is 6.47 Å². The van der Waals surface area contributed by atoms with Crippen molar-refractivity contribution in [3.05, 3.63) is 11.3 Å². The standard InChI is InChI=1S/C13H17NO6/c1-4-19-13(18)10-5-9(7(2)14-8(10)3)11(12(16)17)20-6-15/h6,10-11H,4-5H2,1-3H3,(H,16,17). The Kier molecular flexibility index (Phi) is 5.42. The van der Waals surface area contributed by atoms with Gasteiger partial charge < -0.3 is 14.6 Å². The largest absolute Gasteiger partial charge is 0.478 e. The second-order valence-electron chi connectivity index (χ2n) is 4.32. The highest BCUT2D eigenvalue weighted by Crippen LogP contribution is 2.28. The first-order valence-corrected chi connectivity index (χ1v) is 6.15. The molecule has 0 radical (unpaired) electrons. The van der Waals surface area contributed by atoms with Crippen LogP contribution in [0.15, 0.2) is 16.3 Å². The lowest BCUT2D eigenvalue weighted by Crippen LogP contribution is -2.34. The van der Waals surface area contributed by atoms with E-state index in [0.29, 0.717) is 17.0 Å². The zero-order chi connectivity index (χ0) is 15.3. The zero-order valence-electron chi connectivity index (χ0n) is 11.6. The molecule has 0 aromatic carbocycles. The Hall–Kier alpha value is -2.18. The Morgan fingerprint density at radius 3 is 2.65 bits per heavy atom. The van der Waals surface area contributed by atoms with Gasteiger partial charge in [0.1, 0.15) is 0 Å². The van der Waals surface area contributed by atoms with Gasteiger partial charge in [-0.3, -0.25) is 14.6 Å². The number of carboxylic acid groups (broad SMARTS) is 1. The lowest BCUT2D eigenvalue weighted by molar-refractivity contribution is -0.154. The molecule has 1 aliphatic rings. The summed E-state index contributed by atoms with van der Waals surface area (Å²) in [5.41, 5.74) is 1.30. The molecule has 110 valence electrons. The van der Waals surface area contributed by atoms with E-state index in [4.69, 9.17) is 9.84 Å². The maximum absolute atomic E-state index is 11.8. The normalized spacial score (nSPS) is 19.9. The van der Waals surface area contributed by atoms with Crippen molar-refractivity contribution in [2.45, 2.75) is 33.3 Å². The molecule has 0 aromatic heterocycles. The molecule has 0 spiro atoms. The lowest BCUT2D eigenvalue weighted by Gasteiger charge is -2.25. The molecule has 0 fully saturated rings. The fourth-order valence-electron chi connectivity index (χ4n) is 2.07. The number of aliphatic imine (C=N–C) groups is 1. The van der Waals surface area contributed by atoms with E-state index in [1.165, 1.54) is 0 Å². The minimum Gasteiger partial charge on any atom is -0.478 e. The molecule has 7 heteroatoms. The van der Waals surface area contributed by atoms with Crippen molar-refractivity contribution in [1.29, 1.82) is 0 Å². The molecule has 20 heavy (non-hydrogen) atoms. The number of carbonyl (C=O) groups is 3. The van der Waals surface area contributed by atoms with Crippen molar-refractivity contribution >= 4 is 24.1 Å². The third-order valence-corrected chi connectivity index (χ3v) is 3.04. The van der Waals surface area contributed by atoms with E-state index in [2.05, 4.69) is 9.73 Å². The molecular formula is C13H17NO6. The van der Waals surface area contributed by atoms with Gasteiger partial charge in [0, 0.05) is 17.0 Å². The van der Waals surface area contributed by atoms with Crippen LogP contribution in [0, 0.1) is 5.92 Å². The summed E-state index contributed by atoms with van der Waals surface area (Å²) in [6.45, 7) is 5.28. The smallest absolute Gasteiger partial charge is 0.349 e. The average molecular weight is 283 g/mol. The van der Waals surface area contributed by atoms with Crippen LogP contribution in [0.4, 0.5) is 0 Å². The van der Waals surface area contributed by atoms with E-state index in [-0.39, 0.29) is 19.5 Å². The third kappa shape index (κ3) is 3.43. The van der Waals surface area contributed by atoms with Crippen molar-refractivity contribution in [3.63, 3.8) is 0 Å². The van der Waals surface area contributed by atoms with Crippen LogP contribution in [0.1, 0.15) is 27.2 Å². The first-order valence-electron chi connectivity index (χ1n) is 6.15. The Labute approximate surface area is 116 Å². The summed E-state index contributed by atoms with van der Waals surface area (Å²) in [6, 6.07) is 0. The van der Waals surface area contributed by atoms with Gasteiger partial charge in [-0.2, -0.15) is 0 Å². The predicted molar refractivity (Wildman–Crippen MR) is 69.1 cm³/mol. The summed E-state index contributed by atoms with van der Waals surface area (Å²) in [7, 11) is 0. The molecule has 2 unspecified atom stereocenters. The van der Waals surface area contributed by atoms with Gasteiger partial charge in [-0.05, 0) is 27.2 Å². The summed E-state index contributed by atoms with van der Waals surface area (Å²) in [6.07, 6.45) is -1.31. The van der Waals surface area contributed by atoms with E-state index in [0.717, 1.165) is 0 Å². The van der Waals surface area contributed by atoms with Crippen LogP contribution >= 0.6 is 0 Å². The van der Waals surface area contributed by atoms with Crippen LogP contribution in [0.2, 0.25) is 0 Å². The highest BCUT2D eigenvalue weighted by molar-refractivity contribution is 6.02. The topological polar surface area (TPSA) is 102 Å². The zero-order valence-corrected chi connectivity index (χ0v) is 11.6. The van der Waals surface area contributed by atoms with E-state index < -0.39 is 24.0 Å². The van der Waals surface area contributed by atoms with Crippen molar-refractivity contribution in [2.75, 3.05) is 6.61 Å². The van der Waals surface area contributed by atoms with E-state index in [1.54, 1.807) is 20.8 Å². The number of rotatable bonds is 6. The summed E-state index contributed by atoms with van der Waals surface area (Å²) in [4.78, 5) is 37.5. The molecule has 0 aromatic rings. The van der Waals surface area contributed by atoms with Crippen LogP contribution in [0.3, 0.4) is 0 Å². The van der Waals surface area contributed by atoms with Crippen LogP contribution in [-0.4, -0.2) is 41.9 Å². The number of carbonyl (C=O) groups excluding carboxylic acids is 2. The molecule has 7 nitrogen and oxygen atoms in total. The second-order valence-corrected chi connectivity index (χ2v) is 4.32. The minimum atomic E-state index is -1.43. The fourth-order valence-corrected chi connectivity index (χ4v) is 2.07. The third-order valence-electron chi connectivity index (χ3n) is 3.04. The number of esters is 1. The molecule has 2 atom stereocenters. The summed E-state index contributed by atoms with van der Waals surface area (Å²) in [5.74, 6) is -2.41. The highest BCUT2D eigenvalue weighted by atomic mass is 16.5. The van der Waals surface area contributed by atoms with Crippen molar-refractivity contribution in [2.24, 2.45) is 10.9 Å². The Bertz CT molecular complexity index is 479. The van der Waals surface area contributed by atoms with E-state index >= 15 is 0 Å². The predicted octanol–water partition coefficient (Wildman–Crippen LogP) is 0.930. The van der Waals surface area contributed by atoms with Gasteiger partial charge in [-0.25, -0.2) is 4.79 Å². The van der Waals surface area contributed by atoms with Gasteiger partial charge in [-0.15, -0.1) is 0 Å². The number of nitrogens with zero attached hydrogens (tertiary/aromatic N) is 1. The molecule has 1 aliphatic heterocycles. The maximum Gasteiger partial charge on any atom is 0.349 e. The summed E-state index contributed by atoms with van der Waals surface area (Å²) < 4.78 is 9.51. The maximum atomic E-state index is 11.8. The van der Waals surface area contributed by atoms with Gasteiger partial charge in [-0.1, -0.05) is 0 Å². The van der Waals surface area contributed by atoms with Gasteiger partial charge in [0.15, 0.2) is 0 Å². The Balaban J connectivity index is 3.07. The van der Waals surface area contributed by atoms with Crippen LogP contribution in [0.25, 0.3) is 0 Å². The molecule has 0 amide bonds. The molecule has 0 aliphatic carbocycles. The molecule has 0 saturated carbocycles. The monoisotopic (exact) mass is 283 g/mol. The van der Waals surface area contributed by atoms with Gasteiger partial charge >= 0.3 is 11.9 Å². The van der Waals surface area contributed by atoms with E-state index in [1.807, 2.05) is 0 Å². The molecule has 1 rings (SSSR count). The molecule has 1 N–H and O–H groups in total. The van der Waals surface area contributed by atoms with Gasteiger partial charge in [0.2, 0.25) is 6.10 Å². The number of hydrogen-bond donors (Lipinski definition) is 1. The van der Waals surface area contributed by atoms with Crippen LogP contribution < -0.4 is 0 Å². The minimum absolute atomic E-state index is 0.0730. The first kappa shape index (κ1) is 15.9. The van der Waals surface area contributed by atoms with E-state index in [9.17, 15) is 14.4 Å². The van der Waals surface area contributed by atoms with Gasteiger partial charge in [0.05, 0.1) is 12.5 Å². The summed E-state index contributed by atoms with van der Waals surface area (Å²) >= 11 is 0. The summed E-state index contributed by atoms with van der Waals surface area (Å²) in [5, 5.41) is 9.09. The number of ether oxygens (including phenoxy) is 2. The Morgan fingerprint density at radius 2 is 2.15 bits per heavy atom. The SMILES string of the molecule is CCOC(=O)C1CC(C(OC=O)C(=O)O)=C(C)N=C1C. The number of hydrogen-bond acceptors (Lipinski definition) is 6. The quantitative estimate of drug-likeness (QED) is 0.574. The van der Waals surface area contributed by atoms with Crippen LogP contribution in [0.5, 0.6) is 0 Å². The first-order chi connectivity index (χ1) is 9.42. The second kappa shape index (κ2) is 6.83. The number of allylic oxidation sites excluding steroid dienone is 1. The highest BCUT2D eigenvalue weighted by Gasteiger charge is 2.35. The number of carboxylic acids is 1. The van der Waals surface area contributed by atoms with Crippen molar-refractivity contribution < 1.29 is 29.0 Å². The molecular weight excluding hydrogens is 266 g/mol. The fraction of sp³-hybridized carbons (Fsp3) is 0.538. The molecule has 1 heterocycles. The van der Waals surface area contributed by atoms with Crippen molar-refractivity contribution in [3.8, 4) is 0 Å². The molecule has 0 bridgehead atoms. The number of aliphatic carboxylic acids is 1. The Morgan fingerprint density at radius 1 is 1.50 bits per heavy atom. The molecule has 0 saturated heterocycles.